The number of carbonyl (C=O) groups excluding carboxylic acids is 2. The maximum absolute atomic E-state index is 12.4. The summed E-state index contributed by atoms with van der Waals surface area (Å²) in [5.74, 6) is 1.37. The molecule has 2 unspecified atom stereocenters. The van der Waals surface area contributed by atoms with Gasteiger partial charge in [0.25, 0.3) is 0 Å². The van der Waals surface area contributed by atoms with E-state index in [1.807, 2.05) is 18.7 Å². The van der Waals surface area contributed by atoms with E-state index in [-0.39, 0.29) is 17.9 Å². The van der Waals surface area contributed by atoms with Gasteiger partial charge in [-0.3, -0.25) is 14.5 Å². The minimum absolute atomic E-state index is 0.157. The summed E-state index contributed by atoms with van der Waals surface area (Å²) in [5.41, 5.74) is 0.314. The highest BCUT2D eigenvalue weighted by atomic mass is 16.7. The van der Waals surface area contributed by atoms with Crippen molar-refractivity contribution in [1.82, 2.24) is 14.9 Å². The lowest BCUT2D eigenvalue weighted by molar-refractivity contribution is -0.177. The second-order valence-corrected chi connectivity index (χ2v) is 8.46. The van der Waals surface area contributed by atoms with Crippen LogP contribution in [0.4, 0.5) is 4.79 Å². The Balaban J connectivity index is 1.23. The van der Waals surface area contributed by atoms with E-state index < -0.39 is 0 Å². The van der Waals surface area contributed by atoms with E-state index in [4.69, 9.17) is 9.57 Å². The number of piperidine rings is 1. The number of rotatable bonds is 5. The second-order valence-electron chi connectivity index (χ2n) is 8.46. The zero-order valence-corrected chi connectivity index (χ0v) is 16.1. The first-order valence-corrected chi connectivity index (χ1v) is 10.0. The highest BCUT2D eigenvalue weighted by molar-refractivity contribution is 5.81. The van der Waals surface area contributed by atoms with Crippen molar-refractivity contribution in [2.75, 3.05) is 46.4 Å². The number of nitrogens with zero attached hydrogens (tertiary/aromatic N) is 3. The Hall–Kier alpha value is -1.34. The van der Waals surface area contributed by atoms with Crippen LogP contribution in [-0.4, -0.2) is 79.3 Å². The van der Waals surface area contributed by atoms with Crippen LogP contribution in [-0.2, 0) is 14.4 Å². The lowest BCUT2D eigenvalue weighted by Gasteiger charge is -2.49. The standard InChI is InChI=1S/C19H31N3O4/c1-4-22(25-3)17(23)16-14-10-21(11-15(14)16)13-8-19(9-13)6-7-20(12-19)18(24)26-5-2/h13-16H,4-12H2,1-3H3. The van der Waals surface area contributed by atoms with Crippen LogP contribution in [0, 0.1) is 23.2 Å². The van der Waals surface area contributed by atoms with Gasteiger partial charge >= 0.3 is 6.09 Å². The van der Waals surface area contributed by atoms with Crippen molar-refractivity contribution in [3.63, 3.8) is 0 Å². The zero-order chi connectivity index (χ0) is 18.5. The lowest BCUT2D eigenvalue weighted by atomic mass is 9.64. The molecule has 2 aliphatic carbocycles. The number of likely N-dealkylation sites (tertiary alicyclic amines) is 2. The zero-order valence-electron chi connectivity index (χ0n) is 16.1. The summed E-state index contributed by atoms with van der Waals surface area (Å²) in [6.45, 7) is 8.63. The summed E-state index contributed by atoms with van der Waals surface area (Å²) in [4.78, 5) is 34.0. The molecule has 0 N–H and O–H groups in total. The fraction of sp³-hybridized carbons (Fsp3) is 0.895. The first kappa shape index (κ1) is 18.0. The lowest BCUT2D eigenvalue weighted by Crippen LogP contribution is -2.52. The van der Waals surface area contributed by atoms with Crippen molar-refractivity contribution < 1.29 is 19.2 Å². The van der Waals surface area contributed by atoms with Crippen molar-refractivity contribution in [3.05, 3.63) is 0 Å². The molecule has 0 aromatic heterocycles. The highest BCUT2D eigenvalue weighted by Crippen LogP contribution is 2.57. The van der Waals surface area contributed by atoms with E-state index in [0.717, 1.165) is 32.6 Å². The SMILES string of the molecule is CCOC(=O)N1CCC2(CC(N3CC4C(C3)C4C(=O)N(CC)OC)C2)C1. The predicted molar refractivity (Wildman–Crippen MR) is 95.1 cm³/mol. The molecule has 2 saturated carbocycles. The molecule has 2 saturated heterocycles. The molecule has 7 heteroatoms. The number of hydrogen-bond donors (Lipinski definition) is 0. The van der Waals surface area contributed by atoms with Crippen LogP contribution in [0.5, 0.6) is 0 Å². The van der Waals surface area contributed by atoms with Gasteiger partial charge < -0.3 is 9.64 Å². The van der Waals surface area contributed by atoms with Crippen molar-refractivity contribution in [1.29, 1.82) is 0 Å². The molecule has 7 nitrogen and oxygen atoms in total. The maximum Gasteiger partial charge on any atom is 0.409 e. The Labute approximate surface area is 155 Å². The third kappa shape index (κ3) is 2.89. The molecular weight excluding hydrogens is 334 g/mol. The number of hydroxylamine groups is 2. The van der Waals surface area contributed by atoms with Gasteiger partial charge in [-0.25, -0.2) is 9.86 Å². The average Bonchev–Trinajstić information content (AvgIpc) is 2.97. The van der Waals surface area contributed by atoms with Gasteiger partial charge in [-0.05, 0) is 50.4 Å². The molecule has 2 atom stereocenters. The topological polar surface area (TPSA) is 62.3 Å². The van der Waals surface area contributed by atoms with E-state index in [9.17, 15) is 9.59 Å². The number of ether oxygens (including phenoxy) is 1. The number of carbonyl (C=O) groups is 2. The van der Waals surface area contributed by atoms with Crippen LogP contribution < -0.4 is 0 Å². The summed E-state index contributed by atoms with van der Waals surface area (Å²) in [7, 11) is 1.57. The molecule has 2 amide bonds. The molecule has 0 radical (unpaired) electrons. The van der Waals surface area contributed by atoms with E-state index in [1.54, 1.807) is 7.11 Å². The molecule has 0 aromatic rings. The maximum atomic E-state index is 12.4. The minimum Gasteiger partial charge on any atom is -0.450 e. The number of fused-ring (bicyclic) bond motifs is 1. The largest absolute Gasteiger partial charge is 0.450 e. The van der Waals surface area contributed by atoms with Crippen LogP contribution in [0.25, 0.3) is 0 Å². The average molecular weight is 365 g/mol. The Morgan fingerprint density at radius 1 is 1.19 bits per heavy atom. The Bertz CT molecular complexity index is 561. The van der Waals surface area contributed by atoms with Gasteiger partial charge in [0.05, 0.1) is 13.7 Å². The molecule has 0 aromatic carbocycles. The molecule has 4 aliphatic rings. The van der Waals surface area contributed by atoms with Crippen molar-refractivity contribution >= 4 is 12.0 Å². The van der Waals surface area contributed by atoms with Gasteiger partial charge in [0.2, 0.25) is 5.91 Å². The molecule has 4 fully saturated rings. The van der Waals surface area contributed by atoms with Gasteiger partial charge in [0.1, 0.15) is 0 Å². The number of hydrogen-bond acceptors (Lipinski definition) is 5. The molecule has 26 heavy (non-hydrogen) atoms. The van der Waals surface area contributed by atoms with Crippen LogP contribution in [0.3, 0.4) is 0 Å². The third-order valence-corrected chi connectivity index (χ3v) is 7.08. The van der Waals surface area contributed by atoms with Crippen molar-refractivity contribution in [2.45, 2.75) is 39.2 Å². The summed E-state index contributed by atoms with van der Waals surface area (Å²) in [5, 5.41) is 1.49. The third-order valence-electron chi connectivity index (χ3n) is 7.08. The first-order chi connectivity index (χ1) is 12.5. The predicted octanol–water partition coefficient (Wildman–Crippen LogP) is 1.59. The monoisotopic (exact) mass is 365 g/mol. The van der Waals surface area contributed by atoms with Crippen LogP contribution in [0.15, 0.2) is 0 Å². The van der Waals surface area contributed by atoms with Crippen molar-refractivity contribution in [2.24, 2.45) is 23.2 Å². The van der Waals surface area contributed by atoms with Crippen LogP contribution in [0.1, 0.15) is 33.1 Å². The minimum atomic E-state index is -0.157. The van der Waals surface area contributed by atoms with Gasteiger partial charge in [0.15, 0.2) is 0 Å². The summed E-state index contributed by atoms with van der Waals surface area (Å²) in [6.07, 6.45) is 3.30. The van der Waals surface area contributed by atoms with Gasteiger partial charge in [0, 0.05) is 44.7 Å². The summed E-state index contributed by atoms with van der Waals surface area (Å²) in [6, 6.07) is 0.630. The van der Waals surface area contributed by atoms with E-state index >= 15 is 0 Å². The Kier molecular flexibility index (Phi) is 4.63. The van der Waals surface area contributed by atoms with Crippen molar-refractivity contribution in [3.8, 4) is 0 Å². The molecule has 146 valence electrons. The molecule has 0 bridgehead atoms. The fourth-order valence-corrected chi connectivity index (χ4v) is 5.60. The van der Waals surface area contributed by atoms with Crippen LogP contribution >= 0.6 is 0 Å². The van der Waals surface area contributed by atoms with E-state index in [1.165, 1.54) is 17.9 Å². The Morgan fingerprint density at radius 3 is 2.46 bits per heavy atom. The van der Waals surface area contributed by atoms with Gasteiger partial charge in [-0.2, -0.15) is 0 Å². The first-order valence-electron chi connectivity index (χ1n) is 10.0. The smallest absolute Gasteiger partial charge is 0.409 e. The molecule has 2 heterocycles. The van der Waals surface area contributed by atoms with Gasteiger partial charge in [-0.15, -0.1) is 0 Å². The normalized spacial score (nSPS) is 38.2. The summed E-state index contributed by atoms with van der Waals surface area (Å²) < 4.78 is 5.14. The molecule has 1 spiro atoms. The van der Waals surface area contributed by atoms with E-state index in [0.29, 0.717) is 36.4 Å². The highest BCUT2D eigenvalue weighted by Gasteiger charge is 2.63. The Morgan fingerprint density at radius 2 is 1.88 bits per heavy atom. The molecular formula is C19H31N3O4. The molecule has 2 aliphatic heterocycles. The van der Waals surface area contributed by atoms with Crippen LogP contribution in [0.2, 0.25) is 0 Å². The van der Waals surface area contributed by atoms with E-state index in [2.05, 4.69) is 4.90 Å². The summed E-state index contributed by atoms with van der Waals surface area (Å²) >= 11 is 0. The fourth-order valence-electron chi connectivity index (χ4n) is 5.60. The quantitative estimate of drug-likeness (QED) is 0.693. The number of amides is 2. The second kappa shape index (κ2) is 6.68. The van der Waals surface area contributed by atoms with Gasteiger partial charge in [-0.1, -0.05) is 0 Å². The molecule has 4 rings (SSSR count).